The zero-order chi connectivity index (χ0) is 16.4. The smallest absolute Gasteiger partial charge is 0.218 e. The third kappa shape index (κ3) is 3.23. The summed E-state index contributed by atoms with van der Waals surface area (Å²) in [5.41, 5.74) is 0.383. The van der Waals surface area contributed by atoms with Crippen molar-refractivity contribution in [2.45, 2.75) is 25.8 Å². The maximum absolute atomic E-state index is 5.25. The highest BCUT2D eigenvalue weighted by atomic mass is 32.1. The van der Waals surface area contributed by atoms with Crippen LogP contribution < -0.4 is 9.64 Å². The van der Waals surface area contributed by atoms with Gasteiger partial charge in [0.25, 0.3) is 0 Å². The number of nitrogens with zero attached hydrogens (tertiary/aromatic N) is 5. The maximum Gasteiger partial charge on any atom is 0.218 e. The van der Waals surface area contributed by atoms with Crippen LogP contribution in [0.4, 0.5) is 5.82 Å². The van der Waals surface area contributed by atoms with Crippen LogP contribution in [0.1, 0.15) is 24.3 Å². The molecule has 4 rings (SSSR count). The Bertz CT molecular complexity index is 679. The second-order valence-electron chi connectivity index (χ2n) is 6.83. The van der Waals surface area contributed by atoms with Gasteiger partial charge in [0.05, 0.1) is 13.7 Å². The first-order valence-electron chi connectivity index (χ1n) is 8.48. The molecule has 2 fully saturated rings. The molecule has 1 spiro atoms. The van der Waals surface area contributed by atoms with Crippen LogP contribution in [-0.2, 0) is 6.54 Å². The van der Waals surface area contributed by atoms with Crippen LogP contribution >= 0.6 is 11.3 Å². The normalized spacial score (nSPS) is 24.6. The van der Waals surface area contributed by atoms with Crippen LogP contribution in [-0.4, -0.2) is 53.1 Å². The first kappa shape index (κ1) is 15.8. The van der Waals surface area contributed by atoms with Crippen molar-refractivity contribution in [1.82, 2.24) is 19.9 Å². The quantitative estimate of drug-likeness (QED) is 0.848. The lowest BCUT2D eigenvalue weighted by Crippen LogP contribution is -2.45. The molecule has 1 atom stereocenters. The number of hydrogen-bond donors (Lipinski definition) is 0. The van der Waals surface area contributed by atoms with Crippen LogP contribution in [0.25, 0.3) is 0 Å². The van der Waals surface area contributed by atoms with Crippen molar-refractivity contribution < 1.29 is 4.74 Å². The van der Waals surface area contributed by atoms with Crippen LogP contribution in [0.3, 0.4) is 0 Å². The summed E-state index contributed by atoms with van der Waals surface area (Å²) in [5.74, 6) is 1.62. The third-order valence-electron chi connectivity index (χ3n) is 5.18. The Morgan fingerprint density at radius 2 is 2.17 bits per heavy atom. The van der Waals surface area contributed by atoms with Gasteiger partial charge in [-0.25, -0.2) is 15.0 Å². The van der Waals surface area contributed by atoms with Gasteiger partial charge in [-0.2, -0.15) is 0 Å². The zero-order valence-corrected chi connectivity index (χ0v) is 14.8. The second-order valence-corrected chi connectivity index (χ2v) is 7.81. The number of ether oxygens (including phenoxy) is 1. The van der Waals surface area contributed by atoms with Crippen LogP contribution in [0.5, 0.6) is 5.88 Å². The van der Waals surface area contributed by atoms with Crippen LogP contribution in [0.2, 0.25) is 0 Å². The number of thiazole rings is 1. The second kappa shape index (κ2) is 6.64. The minimum atomic E-state index is 0.383. The average Bonchev–Trinajstić information content (AvgIpc) is 3.26. The maximum atomic E-state index is 5.25. The number of rotatable bonds is 4. The van der Waals surface area contributed by atoms with Crippen molar-refractivity contribution in [2.24, 2.45) is 5.41 Å². The van der Waals surface area contributed by atoms with Crippen molar-refractivity contribution in [3.8, 4) is 5.88 Å². The first-order valence-corrected chi connectivity index (χ1v) is 9.36. The molecule has 2 saturated heterocycles. The number of likely N-dealkylation sites (tertiary alicyclic amines) is 1. The molecule has 0 saturated carbocycles. The van der Waals surface area contributed by atoms with Crippen molar-refractivity contribution >= 4 is 17.2 Å². The van der Waals surface area contributed by atoms with Gasteiger partial charge in [0.15, 0.2) is 0 Å². The summed E-state index contributed by atoms with van der Waals surface area (Å²) in [6, 6.07) is 1.95. The average molecular weight is 345 g/mol. The molecule has 2 aliphatic rings. The molecule has 2 aromatic rings. The zero-order valence-electron chi connectivity index (χ0n) is 14.0. The summed E-state index contributed by atoms with van der Waals surface area (Å²) in [6.07, 6.45) is 7.28. The fourth-order valence-corrected chi connectivity index (χ4v) is 4.69. The predicted octanol–water partition coefficient (Wildman–Crippen LogP) is 2.43. The lowest BCUT2D eigenvalue weighted by molar-refractivity contribution is 0.216. The van der Waals surface area contributed by atoms with Gasteiger partial charge >= 0.3 is 0 Å². The Labute approximate surface area is 146 Å². The molecular formula is C17H23N5OS. The van der Waals surface area contributed by atoms with Gasteiger partial charge in [-0.15, -0.1) is 11.3 Å². The van der Waals surface area contributed by atoms with E-state index in [4.69, 9.17) is 4.74 Å². The highest BCUT2D eigenvalue weighted by Crippen LogP contribution is 2.40. The van der Waals surface area contributed by atoms with Gasteiger partial charge in [0.1, 0.15) is 17.2 Å². The van der Waals surface area contributed by atoms with Crippen molar-refractivity contribution in [3.05, 3.63) is 29.0 Å². The molecule has 24 heavy (non-hydrogen) atoms. The van der Waals surface area contributed by atoms with E-state index < -0.39 is 0 Å². The number of piperidine rings is 1. The number of methoxy groups -OCH3 is 1. The molecule has 2 aliphatic heterocycles. The van der Waals surface area contributed by atoms with E-state index in [0.29, 0.717) is 11.3 Å². The van der Waals surface area contributed by atoms with E-state index >= 15 is 0 Å². The lowest BCUT2D eigenvalue weighted by Gasteiger charge is -2.41. The Morgan fingerprint density at radius 1 is 1.21 bits per heavy atom. The molecule has 0 N–H and O–H groups in total. The molecule has 4 heterocycles. The van der Waals surface area contributed by atoms with Crippen molar-refractivity contribution in [1.29, 1.82) is 0 Å². The first-order chi connectivity index (χ1) is 11.8. The van der Waals surface area contributed by atoms with E-state index in [2.05, 4.69) is 30.1 Å². The molecule has 2 aromatic heterocycles. The van der Waals surface area contributed by atoms with Crippen LogP contribution in [0, 0.1) is 5.41 Å². The topological polar surface area (TPSA) is 54.4 Å². The molecular weight excluding hydrogens is 322 g/mol. The minimum Gasteiger partial charge on any atom is -0.481 e. The largest absolute Gasteiger partial charge is 0.481 e. The monoisotopic (exact) mass is 345 g/mol. The standard InChI is InChI=1S/C17H23N5OS/c1-23-15-9-14(19-13-20-15)22-6-2-3-17(12-22)4-7-21(11-17)10-16-18-5-8-24-16/h5,8-9,13H,2-4,6-7,10-12H2,1H3. The highest BCUT2D eigenvalue weighted by Gasteiger charge is 2.41. The van der Waals surface area contributed by atoms with Gasteiger partial charge in [0.2, 0.25) is 5.88 Å². The van der Waals surface area contributed by atoms with Gasteiger partial charge in [-0.05, 0) is 25.8 Å². The fourth-order valence-electron chi connectivity index (χ4n) is 4.04. The number of anilines is 1. The Morgan fingerprint density at radius 3 is 3.00 bits per heavy atom. The summed E-state index contributed by atoms with van der Waals surface area (Å²) in [7, 11) is 1.65. The predicted molar refractivity (Wildman–Crippen MR) is 94.5 cm³/mol. The van der Waals surface area contributed by atoms with Crippen molar-refractivity contribution in [2.75, 3.05) is 38.2 Å². The van der Waals surface area contributed by atoms with E-state index in [1.807, 2.05) is 12.3 Å². The molecule has 0 amide bonds. The molecule has 0 aromatic carbocycles. The van der Waals surface area contributed by atoms with Gasteiger partial charge in [0, 0.05) is 42.7 Å². The molecule has 7 heteroatoms. The number of aromatic nitrogens is 3. The van der Waals surface area contributed by atoms with Gasteiger partial charge < -0.3 is 9.64 Å². The molecule has 6 nitrogen and oxygen atoms in total. The summed E-state index contributed by atoms with van der Waals surface area (Å²) >= 11 is 1.75. The third-order valence-corrected chi connectivity index (χ3v) is 5.95. The Balaban J connectivity index is 1.44. The lowest BCUT2D eigenvalue weighted by atomic mass is 9.79. The molecule has 0 radical (unpaired) electrons. The van der Waals surface area contributed by atoms with E-state index in [1.165, 1.54) is 30.8 Å². The van der Waals surface area contributed by atoms with E-state index in [0.717, 1.165) is 32.0 Å². The van der Waals surface area contributed by atoms with Gasteiger partial charge in [-0.3, -0.25) is 4.90 Å². The van der Waals surface area contributed by atoms with Gasteiger partial charge in [-0.1, -0.05) is 0 Å². The fraction of sp³-hybridized carbons (Fsp3) is 0.588. The molecule has 1 unspecified atom stereocenters. The number of hydrogen-bond acceptors (Lipinski definition) is 7. The summed E-state index contributed by atoms with van der Waals surface area (Å²) in [6.45, 7) is 5.45. The van der Waals surface area contributed by atoms with E-state index in [1.54, 1.807) is 24.8 Å². The Kier molecular flexibility index (Phi) is 4.37. The van der Waals surface area contributed by atoms with E-state index in [-0.39, 0.29) is 0 Å². The van der Waals surface area contributed by atoms with Crippen LogP contribution in [0.15, 0.2) is 24.0 Å². The molecule has 0 aliphatic carbocycles. The summed E-state index contributed by atoms with van der Waals surface area (Å²) in [5, 5.41) is 3.28. The minimum absolute atomic E-state index is 0.383. The highest BCUT2D eigenvalue weighted by molar-refractivity contribution is 7.09. The molecule has 0 bridgehead atoms. The summed E-state index contributed by atoms with van der Waals surface area (Å²) < 4.78 is 5.25. The SMILES string of the molecule is COc1cc(N2CCCC3(CCN(Cc4nccs4)C3)C2)ncn1. The summed E-state index contributed by atoms with van der Waals surface area (Å²) in [4.78, 5) is 18.0. The van der Waals surface area contributed by atoms with E-state index in [9.17, 15) is 0 Å². The van der Waals surface area contributed by atoms with Crippen molar-refractivity contribution in [3.63, 3.8) is 0 Å². The Hall–Kier alpha value is -1.73. The molecule has 128 valence electrons.